The van der Waals surface area contributed by atoms with E-state index in [1.165, 1.54) is 29.5 Å². The van der Waals surface area contributed by atoms with Crippen LogP contribution in [0.3, 0.4) is 0 Å². The molecule has 0 saturated heterocycles. The van der Waals surface area contributed by atoms with Crippen molar-refractivity contribution in [2.24, 2.45) is 0 Å². The van der Waals surface area contributed by atoms with Gasteiger partial charge in [-0.25, -0.2) is 18.1 Å². The Kier molecular flexibility index (Phi) is 3.86. The second-order valence-electron chi connectivity index (χ2n) is 3.49. The van der Waals surface area contributed by atoms with Crippen molar-refractivity contribution in [1.82, 2.24) is 9.71 Å². The van der Waals surface area contributed by atoms with Gasteiger partial charge in [-0.1, -0.05) is 11.6 Å². The van der Waals surface area contributed by atoms with Gasteiger partial charge >= 0.3 is 0 Å². The van der Waals surface area contributed by atoms with Crippen LogP contribution in [0.25, 0.3) is 0 Å². The Hall–Kier alpha value is -1.15. The summed E-state index contributed by atoms with van der Waals surface area (Å²) in [6.45, 7) is 0.123. The molecule has 0 fully saturated rings. The Balaban J connectivity index is 2.22. The largest absolute Gasteiger partial charge is 0.398 e. The molecule has 0 unspecified atom stereocenters. The number of nitrogen functional groups attached to an aromatic ring is 1. The van der Waals surface area contributed by atoms with Gasteiger partial charge in [0.25, 0.3) is 0 Å². The van der Waals surface area contributed by atoms with E-state index >= 15 is 0 Å². The van der Waals surface area contributed by atoms with E-state index in [4.69, 9.17) is 17.3 Å². The van der Waals surface area contributed by atoms with Crippen LogP contribution in [0.5, 0.6) is 0 Å². The molecule has 8 heteroatoms. The summed E-state index contributed by atoms with van der Waals surface area (Å²) in [5.41, 5.74) is 8.08. The van der Waals surface area contributed by atoms with E-state index in [2.05, 4.69) is 9.71 Å². The number of hydrogen-bond donors (Lipinski definition) is 2. The van der Waals surface area contributed by atoms with Crippen LogP contribution in [0.1, 0.15) is 5.69 Å². The molecule has 0 aliphatic carbocycles. The number of rotatable bonds is 4. The summed E-state index contributed by atoms with van der Waals surface area (Å²) < 4.78 is 26.5. The van der Waals surface area contributed by atoms with Gasteiger partial charge in [-0.05, 0) is 18.2 Å². The van der Waals surface area contributed by atoms with Gasteiger partial charge in [0.05, 0.1) is 23.4 Å². The van der Waals surface area contributed by atoms with Crippen LogP contribution in [0.4, 0.5) is 5.69 Å². The van der Waals surface area contributed by atoms with Crippen LogP contribution in [-0.4, -0.2) is 13.4 Å². The predicted octanol–water partition coefficient (Wildman–Crippen LogP) is 1.86. The van der Waals surface area contributed by atoms with E-state index in [0.29, 0.717) is 10.7 Å². The average molecular weight is 304 g/mol. The molecule has 2 aromatic rings. The van der Waals surface area contributed by atoms with E-state index in [1.54, 1.807) is 10.9 Å². The molecule has 1 heterocycles. The number of halogens is 1. The Bertz CT molecular complexity index is 641. The summed E-state index contributed by atoms with van der Waals surface area (Å²) in [5, 5.41) is 2.09. The van der Waals surface area contributed by atoms with Crippen molar-refractivity contribution in [3.63, 3.8) is 0 Å². The molecule has 0 aliphatic heterocycles. The molecule has 0 amide bonds. The molecule has 0 spiro atoms. The maximum absolute atomic E-state index is 12.0. The third-order valence-electron chi connectivity index (χ3n) is 2.19. The number of aromatic nitrogens is 1. The number of hydrogen-bond acceptors (Lipinski definition) is 5. The third-order valence-corrected chi connectivity index (χ3v) is 4.52. The summed E-state index contributed by atoms with van der Waals surface area (Å²) in [7, 11) is -3.68. The quantitative estimate of drug-likeness (QED) is 0.844. The zero-order chi connectivity index (χ0) is 13.2. The SMILES string of the molecule is Nc1ccc(Cl)cc1S(=O)(=O)NCc1cscn1. The van der Waals surface area contributed by atoms with Crippen molar-refractivity contribution < 1.29 is 8.42 Å². The number of sulfonamides is 1. The van der Waals surface area contributed by atoms with Crippen LogP contribution in [0, 0.1) is 0 Å². The Morgan fingerprint density at radius 3 is 2.89 bits per heavy atom. The molecule has 2 rings (SSSR count). The highest BCUT2D eigenvalue weighted by molar-refractivity contribution is 7.89. The van der Waals surface area contributed by atoms with Crippen molar-refractivity contribution in [1.29, 1.82) is 0 Å². The Morgan fingerprint density at radius 2 is 2.22 bits per heavy atom. The van der Waals surface area contributed by atoms with Crippen molar-refractivity contribution in [2.75, 3.05) is 5.73 Å². The van der Waals surface area contributed by atoms with Crippen molar-refractivity contribution in [3.05, 3.63) is 39.8 Å². The maximum Gasteiger partial charge on any atom is 0.243 e. The summed E-state index contributed by atoms with van der Waals surface area (Å²) in [5.74, 6) is 0. The fourth-order valence-electron chi connectivity index (χ4n) is 1.31. The highest BCUT2D eigenvalue weighted by Crippen LogP contribution is 2.22. The minimum atomic E-state index is -3.68. The number of benzene rings is 1. The summed E-state index contributed by atoms with van der Waals surface area (Å²) in [4.78, 5) is 3.96. The fourth-order valence-corrected chi connectivity index (χ4v) is 3.26. The minimum Gasteiger partial charge on any atom is -0.398 e. The van der Waals surface area contributed by atoms with Gasteiger partial charge in [0.2, 0.25) is 10.0 Å². The van der Waals surface area contributed by atoms with Crippen LogP contribution < -0.4 is 10.5 Å². The lowest BCUT2D eigenvalue weighted by Gasteiger charge is -2.08. The maximum atomic E-state index is 12.0. The van der Waals surface area contributed by atoms with Gasteiger partial charge in [-0.15, -0.1) is 11.3 Å². The highest BCUT2D eigenvalue weighted by Gasteiger charge is 2.17. The smallest absolute Gasteiger partial charge is 0.243 e. The van der Waals surface area contributed by atoms with E-state index in [-0.39, 0.29) is 17.1 Å². The molecule has 0 aliphatic rings. The Labute approximate surface area is 114 Å². The molecule has 96 valence electrons. The first-order valence-electron chi connectivity index (χ1n) is 4.91. The highest BCUT2D eigenvalue weighted by atomic mass is 35.5. The molecular weight excluding hydrogens is 294 g/mol. The monoisotopic (exact) mass is 303 g/mol. The van der Waals surface area contributed by atoms with Crippen molar-refractivity contribution in [2.45, 2.75) is 11.4 Å². The molecule has 0 radical (unpaired) electrons. The van der Waals surface area contributed by atoms with Gasteiger partial charge in [0, 0.05) is 10.4 Å². The topological polar surface area (TPSA) is 85.1 Å². The summed E-state index contributed by atoms with van der Waals surface area (Å²) in [6.07, 6.45) is 0. The molecule has 0 saturated carbocycles. The van der Waals surface area contributed by atoms with Crippen LogP contribution in [0.2, 0.25) is 5.02 Å². The average Bonchev–Trinajstić information content (AvgIpc) is 2.83. The molecule has 1 aromatic heterocycles. The molecule has 0 bridgehead atoms. The second kappa shape index (κ2) is 5.23. The van der Waals surface area contributed by atoms with Crippen LogP contribution in [0.15, 0.2) is 34.0 Å². The number of nitrogens with two attached hydrogens (primary N) is 1. The third kappa shape index (κ3) is 2.99. The number of nitrogens with zero attached hydrogens (tertiary/aromatic N) is 1. The van der Waals surface area contributed by atoms with Crippen LogP contribution >= 0.6 is 22.9 Å². The second-order valence-corrected chi connectivity index (χ2v) is 6.38. The van der Waals surface area contributed by atoms with E-state index in [0.717, 1.165) is 0 Å². The molecule has 1 aromatic carbocycles. The Morgan fingerprint density at radius 1 is 1.44 bits per heavy atom. The van der Waals surface area contributed by atoms with Gasteiger partial charge in [0.1, 0.15) is 4.90 Å². The van der Waals surface area contributed by atoms with E-state index in [9.17, 15) is 8.42 Å². The predicted molar refractivity (Wildman–Crippen MR) is 72.0 cm³/mol. The van der Waals surface area contributed by atoms with Gasteiger partial charge in [0.15, 0.2) is 0 Å². The van der Waals surface area contributed by atoms with Crippen molar-refractivity contribution >= 4 is 38.6 Å². The first-order valence-corrected chi connectivity index (χ1v) is 7.71. The zero-order valence-electron chi connectivity index (χ0n) is 9.13. The zero-order valence-corrected chi connectivity index (χ0v) is 11.5. The van der Waals surface area contributed by atoms with Gasteiger partial charge in [-0.2, -0.15) is 0 Å². The number of nitrogens with one attached hydrogen (secondary N) is 1. The molecule has 5 nitrogen and oxygen atoms in total. The van der Waals surface area contributed by atoms with E-state index < -0.39 is 10.0 Å². The van der Waals surface area contributed by atoms with Gasteiger partial charge in [-0.3, -0.25) is 0 Å². The number of thiazole rings is 1. The first kappa shape index (κ1) is 13.3. The molecular formula is C10H10ClN3O2S2. The van der Waals surface area contributed by atoms with Crippen LogP contribution in [-0.2, 0) is 16.6 Å². The standard InChI is InChI=1S/C10H10ClN3O2S2/c11-7-1-2-9(12)10(3-7)18(15,16)14-4-8-5-17-6-13-8/h1-3,5-6,14H,4,12H2. The molecule has 0 atom stereocenters. The fraction of sp³-hybridized carbons (Fsp3) is 0.100. The summed E-state index contributed by atoms with van der Waals surface area (Å²) >= 11 is 7.16. The summed E-state index contributed by atoms with van der Waals surface area (Å²) in [6, 6.07) is 4.32. The normalized spacial score (nSPS) is 11.6. The lowest BCUT2D eigenvalue weighted by molar-refractivity contribution is 0.581. The van der Waals surface area contributed by atoms with Crippen molar-refractivity contribution in [3.8, 4) is 0 Å². The minimum absolute atomic E-state index is 0.0229. The number of anilines is 1. The van der Waals surface area contributed by atoms with E-state index in [1.807, 2.05) is 0 Å². The molecule has 3 N–H and O–H groups in total. The lowest BCUT2D eigenvalue weighted by Crippen LogP contribution is -2.24. The first-order chi connectivity index (χ1) is 8.49. The molecule has 18 heavy (non-hydrogen) atoms. The lowest BCUT2D eigenvalue weighted by atomic mass is 10.3. The van der Waals surface area contributed by atoms with Gasteiger partial charge < -0.3 is 5.73 Å².